The van der Waals surface area contributed by atoms with E-state index < -0.39 is 0 Å². The molecular weight excluding hydrogens is 162 g/mol. The van der Waals surface area contributed by atoms with E-state index in [9.17, 15) is 4.79 Å². The zero-order chi connectivity index (χ0) is 9.90. The van der Waals surface area contributed by atoms with Crippen molar-refractivity contribution in [2.24, 2.45) is 11.3 Å². The third-order valence-electron chi connectivity index (χ3n) is 3.25. The minimum atomic E-state index is 0.0890. The summed E-state index contributed by atoms with van der Waals surface area (Å²) >= 11 is 0. The molecule has 76 valence electrons. The average Bonchev–Trinajstić information content (AvgIpc) is 2.53. The van der Waals surface area contributed by atoms with Crippen LogP contribution in [-0.2, 0) is 4.79 Å². The van der Waals surface area contributed by atoms with Crippen molar-refractivity contribution < 1.29 is 4.79 Å². The Balaban J connectivity index is 2.39. The van der Waals surface area contributed by atoms with Gasteiger partial charge in [0.05, 0.1) is 0 Å². The lowest BCUT2D eigenvalue weighted by atomic mass is 9.78. The van der Waals surface area contributed by atoms with E-state index in [2.05, 4.69) is 19.2 Å². The lowest BCUT2D eigenvalue weighted by molar-refractivity contribution is -0.119. The zero-order valence-corrected chi connectivity index (χ0v) is 9.02. The van der Waals surface area contributed by atoms with Crippen LogP contribution in [-0.4, -0.2) is 12.5 Å². The molecule has 0 heterocycles. The molecule has 1 N–H and O–H groups in total. The second-order valence-electron chi connectivity index (χ2n) is 4.88. The van der Waals surface area contributed by atoms with Crippen LogP contribution in [0.15, 0.2) is 0 Å². The molecule has 0 aromatic rings. The fourth-order valence-corrected chi connectivity index (χ4v) is 2.20. The molecule has 0 aromatic carbocycles. The van der Waals surface area contributed by atoms with Crippen molar-refractivity contribution in [3.8, 4) is 0 Å². The molecule has 1 amide bonds. The van der Waals surface area contributed by atoms with Crippen molar-refractivity contribution in [2.45, 2.75) is 46.5 Å². The molecule has 1 saturated carbocycles. The van der Waals surface area contributed by atoms with Gasteiger partial charge in [-0.05, 0) is 24.2 Å². The first-order chi connectivity index (χ1) is 6.02. The van der Waals surface area contributed by atoms with Crippen LogP contribution in [0.5, 0.6) is 0 Å². The molecule has 13 heavy (non-hydrogen) atoms. The highest BCUT2D eigenvalue weighted by Gasteiger charge is 2.31. The smallest absolute Gasteiger partial charge is 0.216 e. The first-order valence-electron chi connectivity index (χ1n) is 5.27. The Morgan fingerprint density at radius 3 is 2.38 bits per heavy atom. The lowest BCUT2D eigenvalue weighted by Crippen LogP contribution is -2.36. The van der Waals surface area contributed by atoms with Gasteiger partial charge < -0.3 is 5.32 Å². The number of amides is 1. The molecule has 1 aliphatic rings. The van der Waals surface area contributed by atoms with Crippen molar-refractivity contribution in [3.05, 3.63) is 0 Å². The summed E-state index contributed by atoms with van der Waals surface area (Å²) in [5, 5.41) is 2.92. The summed E-state index contributed by atoms with van der Waals surface area (Å²) in [6.07, 6.45) is 5.42. The summed E-state index contributed by atoms with van der Waals surface area (Å²) in [6.45, 7) is 6.94. The number of hydrogen-bond donors (Lipinski definition) is 1. The molecule has 2 heteroatoms. The van der Waals surface area contributed by atoms with E-state index in [0.29, 0.717) is 0 Å². The fraction of sp³-hybridized carbons (Fsp3) is 0.909. The Kier molecular flexibility index (Phi) is 3.34. The third kappa shape index (κ3) is 3.02. The second kappa shape index (κ2) is 4.12. The van der Waals surface area contributed by atoms with Crippen molar-refractivity contribution in [1.82, 2.24) is 5.32 Å². The van der Waals surface area contributed by atoms with Crippen LogP contribution in [0.25, 0.3) is 0 Å². The Labute approximate surface area is 81.1 Å². The first kappa shape index (κ1) is 10.6. The van der Waals surface area contributed by atoms with Crippen molar-refractivity contribution in [1.29, 1.82) is 0 Å². The Morgan fingerprint density at radius 1 is 1.38 bits per heavy atom. The van der Waals surface area contributed by atoms with Gasteiger partial charge in [0, 0.05) is 13.5 Å². The van der Waals surface area contributed by atoms with E-state index in [0.717, 1.165) is 12.5 Å². The average molecular weight is 183 g/mol. The number of nitrogens with one attached hydrogen (secondary N) is 1. The number of hydrogen-bond acceptors (Lipinski definition) is 1. The topological polar surface area (TPSA) is 29.1 Å². The van der Waals surface area contributed by atoms with Crippen molar-refractivity contribution >= 4 is 5.91 Å². The maximum atomic E-state index is 10.8. The van der Waals surface area contributed by atoms with Gasteiger partial charge in [0.2, 0.25) is 5.91 Å². The fourth-order valence-electron chi connectivity index (χ4n) is 2.20. The van der Waals surface area contributed by atoms with Gasteiger partial charge in [-0.1, -0.05) is 26.7 Å². The molecule has 0 radical (unpaired) electrons. The van der Waals surface area contributed by atoms with E-state index >= 15 is 0 Å². The largest absolute Gasteiger partial charge is 0.356 e. The minimum Gasteiger partial charge on any atom is -0.356 e. The number of carbonyl (C=O) groups excluding carboxylic acids is 1. The predicted molar refractivity (Wildman–Crippen MR) is 54.4 cm³/mol. The molecule has 0 aliphatic heterocycles. The molecule has 1 fully saturated rings. The summed E-state index contributed by atoms with van der Waals surface area (Å²) in [5.41, 5.74) is 0.280. The highest BCUT2D eigenvalue weighted by molar-refractivity contribution is 5.72. The molecule has 1 rings (SSSR count). The van der Waals surface area contributed by atoms with E-state index in [1.165, 1.54) is 25.7 Å². The third-order valence-corrected chi connectivity index (χ3v) is 3.25. The maximum absolute atomic E-state index is 10.8. The van der Waals surface area contributed by atoms with Crippen LogP contribution < -0.4 is 5.32 Å². The Bertz CT molecular complexity index is 181. The molecular formula is C11H21NO. The molecule has 0 unspecified atom stereocenters. The van der Waals surface area contributed by atoms with E-state index in [1.807, 2.05) is 0 Å². The van der Waals surface area contributed by atoms with Crippen molar-refractivity contribution in [3.63, 3.8) is 0 Å². The standard InChI is InChI=1S/C11H21NO/c1-9(13)12-8-11(2,3)10-6-4-5-7-10/h10H,4-8H2,1-3H3,(H,12,13). The molecule has 0 bridgehead atoms. The highest BCUT2D eigenvalue weighted by Crippen LogP contribution is 2.38. The Hall–Kier alpha value is -0.530. The van der Waals surface area contributed by atoms with Gasteiger partial charge in [-0.25, -0.2) is 0 Å². The zero-order valence-electron chi connectivity index (χ0n) is 9.02. The van der Waals surface area contributed by atoms with E-state index in [-0.39, 0.29) is 11.3 Å². The van der Waals surface area contributed by atoms with Crippen LogP contribution >= 0.6 is 0 Å². The van der Waals surface area contributed by atoms with Crippen LogP contribution in [0.4, 0.5) is 0 Å². The monoisotopic (exact) mass is 183 g/mol. The number of carbonyl (C=O) groups is 1. The molecule has 0 spiro atoms. The van der Waals surface area contributed by atoms with Crippen LogP contribution in [0.3, 0.4) is 0 Å². The maximum Gasteiger partial charge on any atom is 0.216 e. The van der Waals surface area contributed by atoms with E-state index in [1.54, 1.807) is 6.92 Å². The second-order valence-corrected chi connectivity index (χ2v) is 4.88. The van der Waals surface area contributed by atoms with Gasteiger partial charge in [0.25, 0.3) is 0 Å². The van der Waals surface area contributed by atoms with Gasteiger partial charge in [0.1, 0.15) is 0 Å². The first-order valence-corrected chi connectivity index (χ1v) is 5.27. The van der Waals surface area contributed by atoms with Gasteiger partial charge in [-0.2, -0.15) is 0 Å². The van der Waals surface area contributed by atoms with Gasteiger partial charge in [-0.15, -0.1) is 0 Å². The van der Waals surface area contributed by atoms with Gasteiger partial charge >= 0.3 is 0 Å². The quantitative estimate of drug-likeness (QED) is 0.715. The van der Waals surface area contributed by atoms with Crippen LogP contribution in [0, 0.1) is 11.3 Å². The lowest BCUT2D eigenvalue weighted by Gasteiger charge is -2.31. The summed E-state index contributed by atoms with van der Waals surface area (Å²) in [4.78, 5) is 10.8. The SMILES string of the molecule is CC(=O)NCC(C)(C)C1CCCC1. The van der Waals surface area contributed by atoms with Crippen LogP contribution in [0.1, 0.15) is 46.5 Å². The summed E-state index contributed by atoms with van der Waals surface area (Å²) < 4.78 is 0. The highest BCUT2D eigenvalue weighted by atomic mass is 16.1. The van der Waals surface area contributed by atoms with Crippen molar-refractivity contribution in [2.75, 3.05) is 6.54 Å². The van der Waals surface area contributed by atoms with Gasteiger partial charge in [0.15, 0.2) is 0 Å². The predicted octanol–water partition coefficient (Wildman–Crippen LogP) is 2.34. The summed E-state index contributed by atoms with van der Waals surface area (Å²) in [5.74, 6) is 0.894. The summed E-state index contributed by atoms with van der Waals surface area (Å²) in [6, 6.07) is 0. The van der Waals surface area contributed by atoms with Crippen LogP contribution in [0.2, 0.25) is 0 Å². The number of rotatable bonds is 3. The Morgan fingerprint density at radius 2 is 1.92 bits per heavy atom. The van der Waals surface area contributed by atoms with E-state index in [4.69, 9.17) is 0 Å². The molecule has 0 aromatic heterocycles. The molecule has 1 aliphatic carbocycles. The molecule has 0 saturated heterocycles. The normalized spacial score (nSPS) is 19.0. The van der Waals surface area contributed by atoms with Gasteiger partial charge in [-0.3, -0.25) is 4.79 Å². The summed E-state index contributed by atoms with van der Waals surface area (Å²) in [7, 11) is 0. The minimum absolute atomic E-state index is 0.0890. The molecule has 0 atom stereocenters. The molecule has 2 nitrogen and oxygen atoms in total.